The summed E-state index contributed by atoms with van der Waals surface area (Å²) in [6.45, 7) is 0. The van der Waals surface area contributed by atoms with Gasteiger partial charge >= 0.3 is 5.97 Å². The summed E-state index contributed by atoms with van der Waals surface area (Å²) < 4.78 is 12.1. The molecule has 88 valence electrons. The Hall–Kier alpha value is -2.42. The first-order chi connectivity index (χ1) is 8.79. The second-order valence-electron chi connectivity index (χ2n) is 4.09. The summed E-state index contributed by atoms with van der Waals surface area (Å²) in [5.74, 6) is -0.962. The third-order valence-electron chi connectivity index (χ3n) is 3.04. The molecule has 0 N–H and O–H groups in total. The molecule has 0 spiro atoms. The molecular formula is C15H9FO2. The molecule has 3 heteroatoms. The summed E-state index contributed by atoms with van der Waals surface area (Å²) in [5, 5.41) is 3.66. The van der Waals surface area contributed by atoms with E-state index < -0.39 is 5.97 Å². The van der Waals surface area contributed by atoms with E-state index in [1.807, 2.05) is 42.5 Å². The molecular weight excluding hydrogens is 231 g/mol. The van der Waals surface area contributed by atoms with Crippen molar-refractivity contribution in [3.8, 4) is 0 Å². The molecule has 0 radical (unpaired) electrons. The van der Waals surface area contributed by atoms with E-state index in [-0.39, 0.29) is 5.56 Å². The number of hydrogen-bond donors (Lipinski definition) is 0. The van der Waals surface area contributed by atoms with E-state index in [0.29, 0.717) is 5.39 Å². The first-order valence-electron chi connectivity index (χ1n) is 5.54. The minimum atomic E-state index is -0.962. The van der Waals surface area contributed by atoms with Crippen LogP contribution in [0.15, 0.2) is 54.6 Å². The second-order valence-corrected chi connectivity index (χ2v) is 4.09. The monoisotopic (exact) mass is 240 g/mol. The lowest BCUT2D eigenvalue weighted by Gasteiger charge is -2.05. The molecule has 0 saturated heterocycles. The van der Waals surface area contributed by atoms with Crippen molar-refractivity contribution in [1.29, 1.82) is 0 Å². The van der Waals surface area contributed by atoms with Gasteiger partial charge in [-0.3, -0.25) is 0 Å². The van der Waals surface area contributed by atoms with Gasteiger partial charge in [-0.15, -0.1) is 0 Å². The lowest BCUT2D eigenvalue weighted by Crippen LogP contribution is -1.99. The second kappa shape index (κ2) is 4.11. The van der Waals surface area contributed by atoms with Crippen LogP contribution in [0.1, 0.15) is 10.4 Å². The van der Waals surface area contributed by atoms with Crippen LogP contribution >= 0.6 is 0 Å². The van der Waals surface area contributed by atoms with Gasteiger partial charge in [0.2, 0.25) is 0 Å². The summed E-state index contributed by atoms with van der Waals surface area (Å²) in [6, 6.07) is 16.8. The number of fused-ring (bicyclic) bond motifs is 2. The van der Waals surface area contributed by atoms with Crippen molar-refractivity contribution in [3.05, 3.63) is 60.2 Å². The fourth-order valence-corrected chi connectivity index (χ4v) is 2.19. The van der Waals surface area contributed by atoms with Crippen molar-refractivity contribution >= 4 is 27.5 Å². The molecule has 3 aromatic carbocycles. The SMILES string of the molecule is O=C(OF)c1cccc2cc3ccccc3cc12. The van der Waals surface area contributed by atoms with Crippen molar-refractivity contribution < 1.29 is 14.3 Å². The smallest absolute Gasteiger partial charge is 0.249 e. The maximum absolute atomic E-state index is 12.1. The van der Waals surface area contributed by atoms with Crippen LogP contribution in [0.3, 0.4) is 0 Å². The zero-order valence-corrected chi connectivity index (χ0v) is 9.39. The quantitative estimate of drug-likeness (QED) is 0.600. The van der Waals surface area contributed by atoms with E-state index in [2.05, 4.69) is 4.94 Å². The maximum Gasteiger partial charge on any atom is 0.380 e. The molecule has 0 heterocycles. The topological polar surface area (TPSA) is 26.3 Å². The summed E-state index contributed by atoms with van der Waals surface area (Å²) in [6.07, 6.45) is 0. The van der Waals surface area contributed by atoms with Crippen molar-refractivity contribution in [2.24, 2.45) is 0 Å². The van der Waals surface area contributed by atoms with Gasteiger partial charge in [0, 0.05) is 4.53 Å². The third kappa shape index (κ3) is 1.61. The third-order valence-corrected chi connectivity index (χ3v) is 3.04. The standard InChI is InChI=1S/C15H9FO2/c16-18-15(17)13-7-3-6-12-8-10-4-1-2-5-11(10)9-14(12)13/h1-9H. The number of benzene rings is 3. The maximum atomic E-state index is 12.1. The lowest BCUT2D eigenvalue weighted by atomic mass is 10.00. The summed E-state index contributed by atoms with van der Waals surface area (Å²) in [7, 11) is 0. The molecule has 0 saturated carbocycles. The minimum Gasteiger partial charge on any atom is -0.249 e. The Labute approximate surface area is 103 Å². The highest BCUT2D eigenvalue weighted by molar-refractivity contribution is 6.08. The highest BCUT2D eigenvalue weighted by Gasteiger charge is 2.12. The van der Waals surface area contributed by atoms with E-state index in [9.17, 15) is 9.32 Å². The summed E-state index contributed by atoms with van der Waals surface area (Å²) >= 11 is 0. The molecule has 3 rings (SSSR count). The molecule has 0 aliphatic rings. The molecule has 0 aliphatic heterocycles. The lowest BCUT2D eigenvalue weighted by molar-refractivity contribution is -0.0786. The van der Waals surface area contributed by atoms with Crippen molar-refractivity contribution in [2.45, 2.75) is 0 Å². The first kappa shape index (κ1) is 10.7. The van der Waals surface area contributed by atoms with E-state index in [1.54, 1.807) is 12.1 Å². The van der Waals surface area contributed by atoms with Crippen molar-refractivity contribution in [3.63, 3.8) is 0 Å². The van der Waals surface area contributed by atoms with Crippen molar-refractivity contribution in [1.82, 2.24) is 0 Å². The van der Waals surface area contributed by atoms with Crippen molar-refractivity contribution in [2.75, 3.05) is 0 Å². The summed E-state index contributed by atoms with van der Waals surface area (Å²) in [4.78, 5) is 14.7. The van der Waals surface area contributed by atoms with Crippen LogP contribution in [-0.4, -0.2) is 5.97 Å². The van der Waals surface area contributed by atoms with Gasteiger partial charge in [-0.1, -0.05) is 36.4 Å². The van der Waals surface area contributed by atoms with Crippen LogP contribution in [0.25, 0.3) is 21.5 Å². The number of rotatable bonds is 1. The molecule has 18 heavy (non-hydrogen) atoms. The molecule has 0 aliphatic carbocycles. The van der Waals surface area contributed by atoms with Crippen LogP contribution < -0.4 is 0 Å². The predicted octanol–water partition coefficient (Wildman–Crippen LogP) is 4.03. The Morgan fingerprint density at radius 3 is 2.28 bits per heavy atom. The Morgan fingerprint density at radius 1 is 0.889 bits per heavy atom. The Morgan fingerprint density at radius 2 is 1.56 bits per heavy atom. The average molecular weight is 240 g/mol. The van der Waals surface area contributed by atoms with Crippen LogP contribution in [-0.2, 0) is 4.94 Å². The van der Waals surface area contributed by atoms with Crippen LogP contribution in [0.5, 0.6) is 0 Å². The number of halogens is 1. The Kier molecular flexibility index (Phi) is 2.45. The van der Waals surface area contributed by atoms with Gasteiger partial charge in [-0.25, -0.2) is 9.74 Å². The van der Waals surface area contributed by atoms with E-state index >= 15 is 0 Å². The molecule has 2 nitrogen and oxygen atoms in total. The Balaban J connectivity index is 2.39. The molecule has 0 bridgehead atoms. The zero-order chi connectivity index (χ0) is 12.5. The molecule has 0 fully saturated rings. The molecule has 0 atom stereocenters. The molecule has 0 amide bonds. The predicted molar refractivity (Wildman–Crippen MR) is 68.0 cm³/mol. The highest BCUT2D eigenvalue weighted by atomic mass is 19.3. The zero-order valence-electron chi connectivity index (χ0n) is 9.39. The molecule has 0 unspecified atom stereocenters. The van der Waals surface area contributed by atoms with Crippen LogP contribution in [0, 0.1) is 0 Å². The molecule has 3 aromatic rings. The molecule has 0 aromatic heterocycles. The van der Waals surface area contributed by atoms with Gasteiger partial charge in [0.05, 0.1) is 5.56 Å². The van der Waals surface area contributed by atoms with Crippen LogP contribution in [0.4, 0.5) is 4.53 Å². The highest BCUT2D eigenvalue weighted by Crippen LogP contribution is 2.25. The largest absolute Gasteiger partial charge is 0.380 e. The number of carbonyl (C=O) groups excluding carboxylic acids is 1. The van der Waals surface area contributed by atoms with Gasteiger partial charge in [0.1, 0.15) is 0 Å². The van der Waals surface area contributed by atoms with Gasteiger partial charge < -0.3 is 0 Å². The first-order valence-corrected chi connectivity index (χ1v) is 5.54. The average Bonchev–Trinajstić information content (AvgIpc) is 2.43. The van der Waals surface area contributed by atoms with Gasteiger partial charge in [0.15, 0.2) is 0 Å². The fourth-order valence-electron chi connectivity index (χ4n) is 2.19. The van der Waals surface area contributed by atoms with Gasteiger partial charge in [0.25, 0.3) is 0 Å². The number of hydrogen-bond acceptors (Lipinski definition) is 2. The van der Waals surface area contributed by atoms with Gasteiger partial charge in [-0.2, -0.15) is 0 Å². The minimum absolute atomic E-state index is 0.237. The van der Waals surface area contributed by atoms with E-state index in [0.717, 1.165) is 16.2 Å². The summed E-state index contributed by atoms with van der Waals surface area (Å²) in [5.41, 5.74) is 0.237. The number of carbonyl (C=O) groups is 1. The Bertz CT molecular complexity index is 750. The van der Waals surface area contributed by atoms with E-state index in [4.69, 9.17) is 0 Å². The van der Waals surface area contributed by atoms with Crippen LogP contribution in [0.2, 0.25) is 0 Å². The fraction of sp³-hybridized carbons (Fsp3) is 0. The van der Waals surface area contributed by atoms with E-state index in [1.165, 1.54) is 0 Å². The normalized spacial score (nSPS) is 10.7. The van der Waals surface area contributed by atoms with Gasteiger partial charge in [-0.05, 0) is 39.7 Å².